The molecule has 0 radical (unpaired) electrons. The first kappa shape index (κ1) is 11.9. The topological polar surface area (TPSA) is 55.0 Å². The summed E-state index contributed by atoms with van der Waals surface area (Å²) in [7, 11) is 0. The highest BCUT2D eigenvalue weighted by Crippen LogP contribution is 2.18. The normalized spacial score (nSPS) is 10.5. The van der Waals surface area contributed by atoms with Crippen molar-refractivity contribution < 1.29 is 0 Å². The predicted molar refractivity (Wildman–Crippen MR) is 72.2 cm³/mol. The summed E-state index contributed by atoms with van der Waals surface area (Å²) in [6, 6.07) is 6.16. The third kappa shape index (κ3) is 2.94. The molecule has 0 fully saturated rings. The number of nitrogens with zero attached hydrogens (tertiary/aromatic N) is 3. The number of nitrogens with two attached hydrogens (primary N) is 1. The van der Waals surface area contributed by atoms with E-state index in [9.17, 15) is 0 Å². The highest BCUT2D eigenvalue weighted by molar-refractivity contribution is 7.09. The summed E-state index contributed by atoms with van der Waals surface area (Å²) in [5.74, 6) is 1.23. The van der Waals surface area contributed by atoms with Gasteiger partial charge in [-0.3, -0.25) is 0 Å². The maximum Gasteiger partial charge on any atom is 0.222 e. The third-order valence-electron chi connectivity index (χ3n) is 2.49. The fraction of sp³-hybridized carbons (Fsp3) is 0.333. The Balaban J connectivity index is 2.22. The molecule has 17 heavy (non-hydrogen) atoms. The molecule has 0 aliphatic rings. The van der Waals surface area contributed by atoms with Gasteiger partial charge in [-0.1, -0.05) is 6.07 Å². The van der Waals surface area contributed by atoms with E-state index >= 15 is 0 Å². The van der Waals surface area contributed by atoms with Gasteiger partial charge >= 0.3 is 0 Å². The number of thiophene rings is 1. The molecule has 0 saturated carbocycles. The van der Waals surface area contributed by atoms with Gasteiger partial charge in [-0.15, -0.1) is 11.3 Å². The van der Waals surface area contributed by atoms with Crippen LogP contribution in [0.2, 0.25) is 0 Å². The average molecular weight is 248 g/mol. The molecule has 5 heteroatoms. The zero-order chi connectivity index (χ0) is 12.3. The summed E-state index contributed by atoms with van der Waals surface area (Å²) < 4.78 is 0. The van der Waals surface area contributed by atoms with Crippen molar-refractivity contribution in [3.8, 4) is 0 Å². The van der Waals surface area contributed by atoms with E-state index in [1.165, 1.54) is 4.88 Å². The number of anilines is 2. The number of hydrogen-bond acceptors (Lipinski definition) is 5. The van der Waals surface area contributed by atoms with Gasteiger partial charge in [0, 0.05) is 23.2 Å². The van der Waals surface area contributed by atoms with E-state index in [1.807, 2.05) is 13.0 Å². The second-order valence-corrected chi connectivity index (χ2v) is 4.85. The molecule has 4 nitrogen and oxygen atoms in total. The van der Waals surface area contributed by atoms with Gasteiger partial charge in [-0.25, -0.2) is 4.98 Å². The van der Waals surface area contributed by atoms with Crippen molar-refractivity contribution in [1.29, 1.82) is 0 Å². The van der Waals surface area contributed by atoms with Crippen LogP contribution in [0.3, 0.4) is 0 Å². The molecule has 0 bridgehead atoms. The van der Waals surface area contributed by atoms with Crippen LogP contribution in [0.5, 0.6) is 0 Å². The Bertz CT molecular complexity index is 461. The monoisotopic (exact) mass is 248 g/mol. The Morgan fingerprint density at radius 2 is 2.24 bits per heavy atom. The molecule has 0 aromatic carbocycles. The fourth-order valence-corrected chi connectivity index (χ4v) is 2.40. The highest BCUT2D eigenvalue weighted by Gasteiger charge is 2.09. The van der Waals surface area contributed by atoms with Crippen molar-refractivity contribution in [1.82, 2.24) is 9.97 Å². The van der Waals surface area contributed by atoms with Crippen LogP contribution in [0, 0.1) is 6.92 Å². The molecule has 2 N–H and O–H groups in total. The number of aryl methyl sites for hydroxylation is 1. The molecule has 2 aromatic heterocycles. The van der Waals surface area contributed by atoms with E-state index in [0.717, 1.165) is 24.6 Å². The fourth-order valence-electron chi connectivity index (χ4n) is 1.68. The second-order valence-electron chi connectivity index (χ2n) is 3.82. The number of nitrogen functional groups attached to an aromatic ring is 1. The zero-order valence-electron chi connectivity index (χ0n) is 10.1. The molecule has 2 rings (SSSR count). The predicted octanol–water partition coefficient (Wildman–Crippen LogP) is 2.46. The lowest BCUT2D eigenvalue weighted by Gasteiger charge is -2.21. The van der Waals surface area contributed by atoms with Crippen LogP contribution in [0.4, 0.5) is 11.8 Å². The van der Waals surface area contributed by atoms with Gasteiger partial charge in [0.1, 0.15) is 5.82 Å². The maximum absolute atomic E-state index is 5.68. The quantitative estimate of drug-likeness (QED) is 0.903. The summed E-state index contributed by atoms with van der Waals surface area (Å²) in [5.41, 5.74) is 6.58. The van der Waals surface area contributed by atoms with Crippen LogP contribution in [0.1, 0.15) is 17.5 Å². The third-order valence-corrected chi connectivity index (χ3v) is 3.35. The van der Waals surface area contributed by atoms with Crippen molar-refractivity contribution >= 4 is 23.1 Å². The molecule has 2 heterocycles. The van der Waals surface area contributed by atoms with Gasteiger partial charge < -0.3 is 10.6 Å². The molecule has 0 spiro atoms. The van der Waals surface area contributed by atoms with Crippen molar-refractivity contribution in [2.24, 2.45) is 0 Å². The Morgan fingerprint density at radius 3 is 2.82 bits per heavy atom. The van der Waals surface area contributed by atoms with Crippen molar-refractivity contribution in [3.05, 3.63) is 34.2 Å². The van der Waals surface area contributed by atoms with E-state index in [2.05, 4.69) is 39.3 Å². The molecule has 0 aliphatic carbocycles. The van der Waals surface area contributed by atoms with E-state index in [4.69, 9.17) is 5.73 Å². The zero-order valence-corrected chi connectivity index (χ0v) is 10.9. The molecule has 2 aromatic rings. The minimum atomic E-state index is 0.338. The van der Waals surface area contributed by atoms with Crippen LogP contribution in [-0.2, 0) is 6.54 Å². The van der Waals surface area contributed by atoms with Gasteiger partial charge in [0.05, 0.1) is 6.54 Å². The Kier molecular flexibility index (Phi) is 3.58. The average Bonchev–Trinajstić information content (AvgIpc) is 2.77. The second kappa shape index (κ2) is 5.14. The Labute approximate surface area is 105 Å². The van der Waals surface area contributed by atoms with Gasteiger partial charge in [-0.2, -0.15) is 4.98 Å². The lowest BCUT2D eigenvalue weighted by Crippen LogP contribution is -2.23. The molecule has 0 aliphatic heterocycles. The van der Waals surface area contributed by atoms with Crippen LogP contribution >= 0.6 is 11.3 Å². The van der Waals surface area contributed by atoms with Gasteiger partial charge in [0.15, 0.2) is 0 Å². The molecular formula is C12H16N4S. The smallest absolute Gasteiger partial charge is 0.222 e. The van der Waals surface area contributed by atoms with Crippen molar-refractivity contribution in [2.45, 2.75) is 20.4 Å². The molecule has 0 saturated heterocycles. The van der Waals surface area contributed by atoms with Crippen LogP contribution in [0.15, 0.2) is 23.6 Å². The van der Waals surface area contributed by atoms with Gasteiger partial charge in [0.25, 0.3) is 0 Å². The summed E-state index contributed by atoms with van der Waals surface area (Å²) in [5, 5.41) is 2.09. The van der Waals surface area contributed by atoms with E-state index in [1.54, 1.807) is 11.3 Å². The van der Waals surface area contributed by atoms with E-state index < -0.39 is 0 Å². The lowest BCUT2D eigenvalue weighted by atomic mass is 10.3. The van der Waals surface area contributed by atoms with E-state index in [0.29, 0.717) is 5.95 Å². The molecular weight excluding hydrogens is 232 g/mol. The Morgan fingerprint density at radius 1 is 1.41 bits per heavy atom. The lowest BCUT2D eigenvalue weighted by molar-refractivity contribution is 0.819. The first-order valence-corrected chi connectivity index (χ1v) is 6.45. The van der Waals surface area contributed by atoms with Gasteiger partial charge in [0.2, 0.25) is 5.95 Å². The summed E-state index contributed by atoms with van der Waals surface area (Å²) in [6.45, 7) is 5.81. The molecule has 90 valence electrons. The standard InChI is InChI=1S/C12H16N4S/c1-3-16(8-10-5-4-6-17-10)11-7-9(2)14-12(13)15-11/h4-7H,3,8H2,1-2H3,(H2,13,14,15). The molecule has 0 atom stereocenters. The van der Waals surface area contributed by atoms with Gasteiger partial charge in [-0.05, 0) is 25.3 Å². The maximum atomic E-state index is 5.68. The van der Waals surface area contributed by atoms with Crippen LogP contribution in [-0.4, -0.2) is 16.5 Å². The summed E-state index contributed by atoms with van der Waals surface area (Å²) >= 11 is 1.75. The molecule has 0 amide bonds. The Hall–Kier alpha value is -1.62. The molecule has 0 unspecified atom stereocenters. The van der Waals surface area contributed by atoms with Crippen LogP contribution in [0.25, 0.3) is 0 Å². The highest BCUT2D eigenvalue weighted by atomic mass is 32.1. The summed E-state index contributed by atoms with van der Waals surface area (Å²) in [6.07, 6.45) is 0. The first-order chi connectivity index (χ1) is 8.19. The SMILES string of the molecule is CCN(Cc1cccs1)c1cc(C)nc(N)n1. The first-order valence-electron chi connectivity index (χ1n) is 5.57. The largest absolute Gasteiger partial charge is 0.368 e. The number of hydrogen-bond donors (Lipinski definition) is 1. The minimum Gasteiger partial charge on any atom is -0.368 e. The van der Waals surface area contributed by atoms with E-state index in [-0.39, 0.29) is 0 Å². The minimum absolute atomic E-state index is 0.338. The summed E-state index contributed by atoms with van der Waals surface area (Å²) in [4.78, 5) is 11.9. The van der Waals surface area contributed by atoms with Crippen molar-refractivity contribution in [2.75, 3.05) is 17.2 Å². The van der Waals surface area contributed by atoms with Crippen LogP contribution < -0.4 is 10.6 Å². The number of rotatable bonds is 4. The van der Waals surface area contributed by atoms with Crippen molar-refractivity contribution in [3.63, 3.8) is 0 Å². The number of aromatic nitrogens is 2.